The van der Waals surface area contributed by atoms with Crippen LogP contribution in [-0.4, -0.2) is 42.9 Å². The van der Waals surface area contributed by atoms with Crippen LogP contribution in [-0.2, 0) is 4.79 Å². The Morgan fingerprint density at radius 1 is 1.04 bits per heavy atom. The first-order valence-corrected chi connectivity index (χ1v) is 9.60. The zero-order valence-corrected chi connectivity index (χ0v) is 15.5. The van der Waals surface area contributed by atoms with E-state index in [-0.39, 0.29) is 23.6 Å². The Labute approximate surface area is 159 Å². The highest BCUT2D eigenvalue weighted by Gasteiger charge is 2.24. The number of furan rings is 2. The van der Waals surface area contributed by atoms with Gasteiger partial charge in [-0.1, -0.05) is 6.42 Å². The Hall–Kier alpha value is -2.54. The molecule has 3 heterocycles. The molecule has 0 aromatic carbocycles. The van der Waals surface area contributed by atoms with Crippen molar-refractivity contribution in [2.24, 2.45) is 0 Å². The highest BCUT2D eigenvalue weighted by molar-refractivity contribution is 5.91. The Morgan fingerprint density at radius 3 is 2.52 bits per heavy atom. The lowest BCUT2D eigenvalue weighted by molar-refractivity contribution is -0.121. The van der Waals surface area contributed by atoms with Gasteiger partial charge in [0.25, 0.3) is 5.91 Å². The van der Waals surface area contributed by atoms with Crippen molar-refractivity contribution in [3.05, 3.63) is 48.3 Å². The number of piperidine rings is 1. The van der Waals surface area contributed by atoms with E-state index in [9.17, 15) is 9.59 Å². The molecule has 2 aromatic heterocycles. The average molecular weight is 373 g/mol. The van der Waals surface area contributed by atoms with E-state index in [0.29, 0.717) is 25.9 Å². The molecule has 7 nitrogen and oxygen atoms in total. The molecule has 0 aliphatic carbocycles. The van der Waals surface area contributed by atoms with Crippen LogP contribution in [0, 0.1) is 0 Å². The van der Waals surface area contributed by atoms with Gasteiger partial charge in [0.1, 0.15) is 5.76 Å². The summed E-state index contributed by atoms with van der Waals surface area (Å²) in [5, 5.41) is 5.76. The molecule has 2 N–H and O–H groups in total. The zero-order valence-electron chi connectivity index (χ0n) is 15.5. The van der Waals surface area contributed by atoms with Gasteiger partial charge >= 0.3 is 0 Å². The third kappa shape index (κ3) is 5.72. The summed E-state index contributed by atoms with van der Waals surface area (Å²) in [5.74, 6) is 0.893. The maximum Gasteiger partial charge on any atom is 0.286 e. The van der Waals surface area contributed by atoms with Crippen LogP contribution in [0.3, 0.4) is 0 Å². The summed E-state index contributed by atoms with van der Waals surface area (Å²) < 4.78 is 10.6. The molecule has 146 valence electrons. The molecule has 3 rings (SSSR count). The number of hydrogen-bond donors (Lipinski definition) is 2. The number of amides is 2. The molecule has 1 saturated heterocycles. The van der Waals surface area contributed by atoms with Crippen molar-refractivity contribution in [2.75, 3.05) is 26.2 Å². The highest BCUT2D eigenvalue weighted by Crippen LogP contribution is 2.24. The van der Waals surface area contributed by atoms with Crippen molar-refractivity contribution in [3.8, 4) is 0 Å². The Kier molecular flexibility index (Phi) is 7.10. The second kappa shape index (κ2) is 9.97. The SMILES string of the molecule is O=C(CCCNC(=O)c1ccco1)NCC(c1ccco1)N1CCCCC1. The smallest absolute Gasteiger partial charge is 0.286 e. The van der Waals surface area contributed by atoms with Crippen molar-refractivity contribution in [3.63, 3.8) is 0 Å². The molecule has 1 fully saturated rings. The summed E-state index contributed by atoms with van der Waals surface area (Å²) >= 11 is 0. The van der Waals surface area contributed by atoms with Crippen molar-refractivity contribution in [2.45, 2.75) is 38.1 Å². The van der Waals surface area contributed by atoms with Crippen LogP contribution in [0.5, 0.6) is 0 Å². The minimum atomic E-state index is -0.261. The number of likely N-dealkylation sites (tertiary alicyclic amines) is 1. The summed E-state index contributed by atoms with van der Waals surface area (Å²) in [6.45, 7) is 3.02. The fourth-order valence-electron chi connectivity index (χ4n) is 3.37. The van der Waals surface area contributed by atoms with Crippen molar-refractivity contribution >= 4 is 11.8 Å². The van der Waals surface area contributed by atoms with Gasteiger partial charge in [0.15, 0.2) is 5.76 Å². The maximum absolute atomic E-state index is 12.2. The lowest BCUT2D eigenvalue weighted by Gasteiger charge is -2.33. The van der Waals surface area contributed by atoms with E-state index >= 15 is 0 Å². The Morgan fingerprint density at radius 2 is 1.81 bits per heavy atom. The van der Waals surface area contributed by atoms with Crippen LogP contribution >= 0.6 is 0 Å². The van der Waals surface area contributed by atoms with Gasteiger partial charge in [-0.05, 0) is 56.6 Å². The van der Waals surface area contributed by atoms with Crippen molar-refractivity contribution in [1.29, 1.82) is 0 Å². The first-order chi connectivity index (χ1) is 13.2. The van der Waals surface area contributed by atoms with E-state index in [1.807, 2.05) is 12.1 Å². The van der Waals surface area contributed by atoms with Crippen molar-refractivity contribution in [1.82, 2.24) is 15.5 Å². The lowest BCUT2D eigenvalue weighted by atomic mass is 10.1. The normalized spacial score (nSPS) is 16.0. The van der Waals surface area contributed by atoms with Gasteiger partial charge in [-0.2, -0.15) is 0 Å². The van der Waals surface area contributed by atoms with Crippen LogP contribution in [0.15, 0.2) is 45.6 Å². The topological polar surface area (TPSA) is 87.7 Å². The molecule has 2 amide bonds. The second-order valence-corrected chi connectivity index (χ2v) is 6.77. The summed E-state index contributed by atoms with van der Waals surface area (Å²) in [6.07, 6.45) is 7.70. The van der Waals surface area contributed by atoms with E-state index in [4.69, 9.17) is 8.83 Å². The maximum atomic E-state index is 12.2. The van der Waals surface area contributed by atoms with E-state index in [1.54, 1.807) is 18.4 Å². The summed E-state index contributed by atoms with van der Waals surface area (Å²) in [6, 6.07) is 7.20. The van der Waals surface area contributed by atoms with Crippen LogP contribution < -0.4 is 10.6 Å². The second-order valence-electron chi connectivity index (χ2n) is 6.77. The molecule has 0 spiro atoms. The first kappa shape index (κ1) is 19.2. The number of hydrogen-bond acceptors (Lipinski definition) is 5. The van der Waals surface area contributed by atoms with Gasteiger partial charge < -0.3 is 19.5 Å². The Bertz CT molecular complexity index is 691. The van der Waals surface area contributed by atoms with Crippen molar-refractivity contribution < 1.29 is 18.4 Å². The molecular formula is C20H27N3O4. The van der Waals surface area contributed by atoms with Crippen LogP contribution in [0.2, 0.25) is 0 Å². The summed E-state index contributed by atoms with van der Waals surface area (Å²) in [5.41, 5.74) is 0. The third-order valence-electron chi connectivity index (χ3n) is 4.81. The van der Waals surface area contributed by atoms with Gasteiger partial charge in [0.05, 0.1) is 18.6 Å². The minimum Gasteiger partial charge on any atom is -0.468 e. The number of carbonyl (C=O) groups is 2. The average Bonchev–Trinajstić information content (AvgIpc) is 3.40. The molecule has 0 bridgehead atoms. The fraction of sp³-hybridized carbons (Fsp3) is 0.500. The molecule has 0 saturated carbocycles. The van der Waals surface area contributed by atoms with Crippen LogP contribution in [0.1, 0.15) is 54.5 Å². The summed E-state index contributed by atoms with van der Waals surface area (Å²) in [4.78, 5) is 26.3. The van der Waals surface area contributed by atoms with Gasteiger partial charge in [-0.25, -0.2) is 0 Å². The summed E-state index contributed by atoms with van der Waals surface area (Å²) in [7, 11) is 0. The molecule has 1 atom stereocenters. The van der Waals surface area contributed by atoms with Gasteiger partial charge in [-0.15, -0.1) is 0 Å². The van der Waals surface area contributed by atoms with Gasteiger partial charge in [0, 0.05) is 19.5 Å². The fourth-order valence-corrected chi connectivity index (χ4v) is 3.37. The van der Waals surface area contributed by atoms with Crippen LogP contribution in [0.4, 0.5) is 0 Å². The lowest BCUT2D eigenvalue weighted by Crippen LogP contribution is -2.40. The number of rotatable bonds is 9. The van der Waals surface area contributed by atoms with Crippen LogP contribution in [0.25, 0.3) is 0 Å². The number of nitrogens with one attached hydrogen (secondary N) is 2. The van der Waals surface area contributed by atoms with E-state index < -0.39 is 0 Å². The third-order valence-corrected chi connectivity index (χ3v) is 4.81. The monoisotopic (exact) mass is 373 g/mol. The zero-order chi connectivity index (χ0) is 18.9. The van der Waals surface area contributed by atoms with E-state index in [0.717, 1.165) is 18.8 Å². The Balaban J connectivity index is 1.39. The predicted molar refractivity (Wildman–Crippen MR) is 100 cm³/mol. The largest absolute Gasteiger partial charge is 0.468 e. The van der Waals surface area contributed by atoms with Gasteiger partial charge in [0.2, 0.25) is 5.91 Å². The molecule has 1 unspecified atom stereocenters. The molecule has 0 radical (unpaired) electrons. The molecular weight excluding hydrogens is 346 g/mol. The standard InChI is InChI=1S/C20H27N3O4/c24-19(9-4-10-21-20(25)18-8-6-14-27-18)22-15-16(17-7-5-13-26-17)23-11-2-1-3-12-23/h5-8,13-14,16H,1-4,9-12,15H2,(H,21,25)(H,22,24). The van der Waals surface area contributed by atoms with Gasteiger partial charge in [-0.3, -0.25) is 14.5 Å². The number of carbonyl (C=O) groups excluding carboxylic acids is 2. The van der Waals surface area contributed by atoms with E-state index in [1.165, 1.54) is 25.5 Å². The predicted octanol–water partition coefficient (Wildman–Crippen LogP) is 2.73. The molecule has 2 aromatic rings. The molecule has 27 heavy (non-hydrogen) atoms. The highest BCUT2D eigenvalue weighted by atomic mass is 16.3. The van der Waals surface area contributed by atoms with E-state index in [2.05, 4.69) is 15.5 Å². The minimum absolute atomic E-state index is 0.0178. The number of nitrogens with zero attached hydrogens (tertiary/aromatic N) is 1. The quantitative estimate of drug-likeness (QED) is 0.660. The first-order valence-electron chi connectivity index (χ1n) is 9.60. The molecule has 7 heteroatoms. The molecule has 1 aliphatic heterocycles. The molecule has 1 aliphatic rings.